The average Bonchev–Trinajstić information content (AvgIpc) is 3.05. The second-order valence-electron chi connectivity index (χ2n) is 8.15. The summed E-state index contributed by atoms with van der Waals surface area (Å²) in [5, 5.41) is 11.5. The maximum absolute atomic E-state index is 12.6. The lowest BCUT2D eigenvalue weighted by Crippen LogP contribution is -2.46. The van der Waals surface area contributed by atoms with E-state index < -0.39 is 11.8 Å². The van der Waals surface area contributed by atoms with E-state index in [9.17, 15) is 14.4 Å². The summed E-state index contributed by atoms with van der Waals surface area (Å²) in [6.07, 6.45) is 4.51. The van der Waals surface area contributed by atoms with Crippen molar-refractivity contribution in [2.75, 3.05) is 11.9 Å². The maximum Gasteiger partial charge on any atom is 0.261 e. The highest BCUT2D eigenvalue weighted by Gasteiger charge is 2.32. The number of hydrogen-bond donors (Lipinski definition) is 1. The molecule has 3 heterocycles. The Morgan fingerprint density at radius 1 is 0.969 bits per heavy atom. The van der Waals surface area contributed by atoms with E-state index in [1.54, 1.807) is 36.4 Å². The molecule has 0 saturated heterocycles. The number of amides is 3. The van der Waals surface area contributed by atoms with Crippen LogP contribution >= 0.6 is 0 Å². The number of carbonyl (C=O) groups excluding carboxylic acids is 3. The van der Waals surface area contributed by atoms with E-state index in [4.69, 9.17) is 0 Å². The number of nitrogens with zero attached hydrogens (tertiary/aromatic N) is 4. The minimum atomic E-state index is -0.435. The van der Waals surface area contributed by atoms with Crippen LogP contribution < -0.4 is 5.32 Å². The molecule has 0 saturated carbocycles. The minimum Gasteiger partial charge on any atom is -0.325 e. The first-order chi connectivity index (χ1) is 15.6. The van der Waals surface area contributed by atoms with E-state index in [1.807, 2.05) is 12.1 Å². The maximum atomic E-state index is 12.6. The van der Waals surface area contributed by atoms with Crippen molar-refractivity contribution in [3.63, 3.8) is 0 Å². The van der Waals surface area contributed by atoms with Crippen molar-refractivity contribution in [2.45, 2.75) is 38.6 Å². The molecular formula is C24H23N5O3. The van der Waals surface area contributed by atoms with E-state index in [0.29, 0.717) is 16.8 Å². The Bertz CT molecular complexity index is 1200. The Morgan fingerprint density at radius 3 is 2.62 bits per heavy atom. The second kappa shape index (κ2) is 8.37. The zero-order valence-corrected chi connectivity index (χ0v) is 17.6. The quantitative estimate of drug-likeness (QED) is 0.643. The lowest BCUT2D eigenvalue weighted by molar-refractivity contribution is -0.131. The molecule has 0 spiro atoms. The highest BCUT2D eigenvalue weighted by atomic mass is 16.2. The van der Waals surface area contributed by atoms with Crippen LogP contribution in [-0.2, 0) is 29.0 Å². The molecular weight excluding hydrogens is 406 g/mol. The molecule has 0 fully saturated rings. The number of anilines is 1. The van der Waals surface area contributed by atoms with Crippen molar-refractivity contribution in [1.82, 2.24) is 19.7 Å². The van der Waals surface area contributed by atoms with Crippen LogP contribution in [0.2, 0.25) is 0 Å². The number of carbonyl (C=O) groups is 3. The molecule has 8 nitrogen and oxygen atoms in total. The zero-order valence-electron chi connectivity index (χ0n) is 17.6. The predicted octanol–water partition coefficient (Wildman–Crippen LogP) is 2.84. The first kappa shape index (κ1) is 20.1. The van der Waals surface area contributed by atoms with Crippen LogP contribution in [0, 0.1) is 0 Å². The summed E-state index contributed by atoms with van der Waals surface area (Å²) in [7, 11) is 0. The van der Waals surface area contributed by atoms with Crippen LogP contribution in [0.1, 0.15) is 41.0 Å². The van der Waals surface area contributed by atoms with Gasteiger partial charge in [0.05, 0.1) is 6.42 Å². The second-order valence-corrected chi connectivity index (χ2v) is 8.15. The molecule has 2 aliphatic rings. The number of rotatable bonds is 4. The van der Waals surface area contributed by atoms with Crippen LogP contribution in [0.25, 0.3) is 11.4 Å². The molecule has 5 rings (SSSR count). The van der Waals surface area contributed by atoms with Crippen LogP contribution in [-0.4, -0.2) is 43.9 Å². The van der Waals surface area contributed by atoms with Gasteiger partial charge in [-0.2, -0.15) is 0 Å². The molecule has 0 bridgehead atoms. The Balaban J connectivity index is 1.26. The Labute approximate surface area is 185 Å². The summed E-state index contributed by atoms with van der Waals surface area (Å²) in [4.78, 5) is 38.6. The van der Waals surface area contributed by atoms with Crippen LogP contribution in [0.4, 0.5) is 5.69 Å². The van der Waals surface area contributed by atoms with Gasteiger partial charge in [0, 0.05) is 29.8 Å². The number of aryl methyl sites for hydroxylation is 1. The first-order valence-corrected chi connectivity index (χ1v) is 10.8. The molecule has 0 radical (unpaired) electrons. The van der Waals surface area contributed by atoms with Gasteiger partial charge in [-0.05, 0) is 48.7 Å². The summed E-state index contributed by atoms with van der Waals surface area (Å²) in [6, 6.07) is 14.4. The molecule has 2 aromatic carbocycles. The lowest BCUT2D eigenvalue weighted by atomic mass is 9.98. The van der Waals surface area contributed by atoms with Gasteiger partial charge in [0.2, 0.25) is 11.8 Å². The van der Waals surface area contributed by atoms with Crippen molar-refractivity contribution < 1.29 is 14.4 Å². The largest absolute Gasteiger partial charge is 0.325 e. The lowest BCUT2D eigenvalue weighted by Gasteiger charge is -2.26. The number of imide groups is 1. The molecule has 1 aromatic heterocycles. The zero-order chi connectivity index (χ0) is 22.1. The van der Waals surface area contributed by atoms with E-state index >= 15 is 0 Å². The summed E-state index contributed by atoms with van der Waals surface area (Å²) >= 11 is 0. The standard InChI is InChI=1S/C24H23N5O3/c30-21(15-29-22(31)14-17-6-3-4-7-19(17)24(29)32)25-18-11-9-16(10-12-18)23-27-26-20-8-2-1-5-13-28(20)23/h3-4,6-7,9-12H,1-2,5,8,13-15H2,(H,25,30). The Kier molecular flexibility index (Phi) is 5.26. The normalized spacial score (nSPS) is 15.7. The molecule has 3 amide bonds. The number of hydrogen-bond acceptors (Lipinski definition) is 5. The molecule has 3 aromatic rings. The molecule has 0 atom stereocenters. The van der Waals surface area contributed by atoms with Crippen LogP contribution in [0.3, 0.4) is 0 Å². The van der Waals surface area contributed by atoms with Crippen LogP contribution in [0.5, 0.6) is 0 Å². The van der Waals surface area contributed by atoms with Gasteiger partial charge in [-0.15, -0.1) is 10.2 Å². The fraction of sp³-hybridized carbons (Fsp3) is 0.292. The van der Waals surface area contributed by atoms with Gasteiger partial charge >= 0.3 is 0 Å². The molecule has 32 heavy (non-hydrogen) atoms. The molecule has 2 aliphatic heterocycles. The van der Waals surface area contributed by atoms with Gasteiger partial charge < -0.3 is 9.88 Å². The van der Waals surface area contributed by atoms with Crippen molar-refractivity contribution in [3.05, 3.63) is 65.5 Å². The van der Waals surface area contributed by atoms with Gasteiger partial charge in [0.1, 0.15) is 12.4 Å². The summed E-state index contributed by atoms with van der Waals surface area (Å²) in [5.41, 5.74) is 2.69. The fourth-order valence-corrected chi connectivity index (χ4v) is 4.31. The van der Waals surface area contributed by atoms with Crippen molar-refractivity contribution in [1.29, 1.82) is 0 Å². The minimum absolute atomic E-state index is 0.118. The Hall–Kier alpha value is -3.81. The molecule has 0 unspecified atom stereocenters. The van der Waals surface area contributed by atoms with E-state index in [1.165, 1.54) is 6.42 Å². The van der Waals surface area contributed by atoms with Crippen molar-refractivity contribution in [3.8, 4) is 11.4 Å². The van der Waals surface area contributed by atoms with Crippen LogP contribution in [0.15, 0.2) is 48.5 Å². The van der Waals surface area contributed by atoms with Gasteiger partial charge in [-0.25, -0.2) is 0 Å². The third kappa shape index (κ3) is 3.79. The third-order valence-electron chi connectivity index (χ3n) is 5.97. The molecule has 162 valence electrons. The van der Waals surface area contributed by atoms with E-state index in [-0.39, 0.29) is 18.9 Å². The monoisotopic (exact) mass is 429 g/mol. The number of fused-ring (bicyclic) bond motifs is 2. The highest BCUT2D eigenvalue weighted by molar-refractivity contribution is 6.12. The number of aromatic nitrogens is 3. The Morgan fingerprint density at radius 2 is 1.78 bits per heavy atom. The predicted molar refractivity (Wildman–Crippen MR) is 118 cm³/mol. The number of benzene rings is 2. The van der Waals surface area contributed by atoms with Crippen molar-refractivity contribution >= 4 is 23.4 Å². The van der Waals surface area contributed by atoms with Gasteiger partial charge in [-0.1, -0.05) is 24.6 Å². The fourth-order valence-electron chi connectivity index (χ4n) is 4.31. The molecule has 0 aliphatic carbocycles. The van der Waals surface area contributed by atoms with Gasteiger partial charge in [-0.3, -0.25) is 19.3 Å². The average molecular weight is 429 g/mol. The molecule has 8 heteroatoms. The van der Waals surface area contributed by atoms with Gasteiger partial charge in [0.25, 0.3) is 5.91 Å². The first-order valence-electron chi connectivity index (χ1n) is 10.8. The van der Waals surface area contributed by atoms with Crippen molar-refractivity contribution in [2.24, 2.45) is 0 Å². The van der Waals surface area contributed by atoms with E-state index in [2.05, 4.69) is 20.1 Å². The smallest absolute Gasteiger partial charge is 0.261 e. The SMILES string of the molecule is O=C(CN1C(=O)Cc2ccccc2C1=O)Nc1ccc(-c2nnc3n2CCCCC3)cc1. The topological polar surface area (TPSA) is 97.2 Å². The molecule has 1 N–H and O–H groups in total. The van der Waals surface area contributed by atoms with E-state index in [0.717, 1.165) is 47.9 Å². The number of nitrogens with one attached hydrogen (secondary N) is 1. The summed E-state index contributed by atoms with van der Waals surface area (Å²) < 4.78 is 2.17. The highest BCUT2D eigenvalue weighted by Crippen LogP contribution is 2.24. The summed E-state index contributed by atoms with van der Waals surface area (Å²) in [5.74, 6) is 0.631. The van der Waals surface area contributed by atoms with Gasteiger partial charge in [0.15, 0.2) is 5.82 Å². The third-order valence-corrected chi connectivity index (χ3v) is 5.97. The summed E-state index contributed by atoms with van der Waals surface area (Å²) in [6.45, 7) is 0.600.